The first-order chi connectivity index (χ1) is 9.62. The molecule has 5 heteroatoms. The summed E-state index contributed by atoms with van der Waals surface area (Å²) in [7, 11) is 3.20. The van der Waals surface area contributed by atoms with E-state index in [1.807, 2.05) is 23.1 Å². The normalized spacial score (nSPS) is 14.3. The van der Waals surface area contributed by atoms with Crippen LogP contribution in [-0.2, 0) is 11.3 Å². The quantitative estimate of drug-likeness (QED) is 0.788. The number of carboxylic acid groups (broad SMARTS) is 1. The van der Waals surface area contributed by atoms with E-state index in [1.54, 1.807) is 14.2 Å². The molecule has 0 unspecified atom stereocenters. The maximum atomic E-state index is 10.9. The highest BCUT2D eigenvalue weighted by atomic mass is 16.5. The summed E-state index contributed by atoms with van der Waals surface area (Å²) >= 11 is 0. The Morgan fingerprint density at radius 3 is 2.55 bits per heavy atom. The van der Waals surface area contributed by atoms with Gasteiger partial charge in [-0.05, 0) is 36.5 Å². The molecule has 0 spiro atoms. The minimum atomic E-state index is -0.786. The maximum absolute atomic E-state index is 10.9. The Morgan fingerprint density at radius 1 is 1.30 bits per heavy atom. The van der Waals surface area contributed by atoms with E-state index in [0.29, 0.717) is 24.0 Å². The van der Waals surface area contributed by atoms with Crippen molar-refractivity contribution < 1.29 is 19.4 Å². The van der Waals surface area contributed by atoms with Crippen molar-refractivity contribution in [3.8, 4) is 11.5 Å². The summed E-state index contributed by atoms with van der Waals surface area (Å²) in [6.07, 6.45) is 2.42. The van der Waals surface area contributed by atoms with Gasteiger partial charge in [-0.3, -0.25) is 9.69 Å². The third-order valence-corrected chi connectivity index (χ3v) is 3.43. The Balaban J connectivity index is 2.06. The lowest BCUT2D eigenvalue weighted by atomic mass is 10.1. The lowest BCUT2D eigenvalue weighted by Gasteiger charge is -2.20. The van der Waals surface area contributed by atoms with Crippen LogP contribution >= 0.6 is 0 Å². The van der Waals surface area contributed by atoms with Crippen LogP contribution in [0.15, 0.2) is 18.2 Å². The molecule has 0 bridgehead atoms. The fourth-order valence-electron chi connectivity index (χ4n) is 2.28. The molecule has 1 aliphatic carbocycles. The molecule has 0 aromatic heterocycles. The van der Waals surface area contributed by atoms with Gasteiger partial charge in [0.1, 0.15) is 0 Å². The number of hydrogen-bond donors (Lipinski definition) is 1. The molecule has 2 rings (SSSR count). The van der Waals surface area contributed by atoms with E-state index in [0.717, 1.165) is 12.1 Å². The van der Waals surface area contributed by atoms with Gasteiger partial charge < -0.3 is 14.6 Å². The predicted molar refractivity (Wildman–Crippen MR) is 75.2 cm³/mol. The minimum Gasteiger partial charge on any atom is -0.493 e. The van der Waals surface area contributed by atoms with Crippen molar-refractivity contribution in [1.82, 2.24) is 4.90 Å². The molecular formula is C15H21NO4. The van der Waals surface area contributed by atoms with E-state index < -0.39 is 5.97 Å². The van der Waals surface area contributed by atoms with Crippen LogP contribution in [0.4, 0.5) is 0 Å². The number of nitrogens with zero attached hydrogens (tertiary/aromatic N) is 1. The molecule has 0 heterocycles. The number of carbonyl (C=O) groups is 1. The fraction of sp³-hybridized carbons (Fsp3) is 0.533. The third-order valence-electron chi connectivity index (χ3n) is 3.43. The predicted octanol–water partition coefficient (Wildman–Crippen LogP) is 2.00. The molecule has 1 aliphatic rings. The van der Waals surface area contributed by atoms with E-state index in [-0.39, 0.29) is 6.54 Å². The lowest BCUT2D eigenvalue weighted by molar-refractivity contribution is -0.138. The van der Waals surface area contributed by atoms with Gasteiger partial charge in [0, 0.05) is 13.1 Å². The molecule has 1 aromatic rings. The highest BCUT2D eigenvalue weighted by molar-refractivity contribution is 5.69. The molecule has 0 atom stereocenters. The second kappa shape index (κ2) is 6.61. The second-order valence-corrected chi connectivity index (χ2v) is 5.20. The van der Waals surface area contributed by atoms with Gasteiger partial charge in [0.15, 0.2) is 11.5 Å². The number of ether oxygens (including phenoxy) is 2. The van der Waals surface area contributed by atoms with E-state index in [2.05, 4.69) is 0 Å². The van der Waals surface area contributed by atoms with Crippen LogP contribution in [0, 0.1) is 5.92 Å². The Hall–Kier alpha value is -1.75. The molecule has 110 valence electrons. The first kappa shape index (κ1) is 14.7. The monoisotopic (exact) mass is 279 g/mol. The molecule has 0 saturated heterocycles. The molecule has 1 N–H and O–H groups in total. The molecule has 1 aromatic carbocycles. The van der Waals surface area contributed by atoms with Crippen LogP contribution in [0.3, 0.4) is 0 Å². The van der Waals surface area contributed by atoms with Gasteiger partial charge in [0.05, 0.1) is 20.8 Å². The standard InChI is InChI=1S/C15H21NO4/c1-19-13-6-5-12(7-14(13)20-2)9-16(10-15(17)18)8-11-3-4-11/h5-7,11H,3-4,8-10H2,1-2H3,(H,17,18). The van der Waals surface area contributed by atoms with Crippen molar-refractivity contribution in [2.45, 2.75) is 19.4 Å². The van der Waals surface area contributed by atoms with Crippen LogP contribution in [0.25, 0.3) is 0 Å². The van der Waals surface area contributed by atoms with Crippen molar-refractivity contribution in [1.29, 1.82) is 0 Å². The number of benzene rings is 1. The number of aliphatic carboxylic acids is 1. The lowest BCUT2D eigenvalue weighted by Crippen LogP contribution is -2.31. The zero-order chi connectivity index (χ0) is 14.5. The van der Waals surface area contributed by atoms with E-state index >= 15 is 0 Å². The van der Waals surface area contributed by atoms with Crippen molar-refractivity contribution in [3.63, 3.8) is 0 Å². The number of carboxylic acids is 1. The van der Waals surface area contributed by atoms with Gasteiger partial charge in [-0.1, -0.05) is 6.07 Å². The summed E-state index contributed by atoms with van der Waals surface area (Å²) in [4.78, 5) is 12.9. The Bertz CT molecular complexity index is 471. The highest BCUT2D eigenvalue weighted by Crippen LogP contribution is 2.31. The average Bonchev–Trinajstić information content (AvgIpc) is 3.21. The van der Waals surface area contributed by atoms with Crippen LogP contribution in [-0.4, -0.2) is 43.3 Å². The van der Waals surface area contributed by atoms with Crippen LogP contribution in [0.1, 0.15) is 18.4 Å². The van der Waals surface area contributed by atoms with Gasteiger partial charge >= 0.3 is 5.97 Å². The topological polar surface area (TPSA) is 59.0 Å². The molecule has 20 heavy (non-hydrogen) atoms. The summed E-state index contributed by atoms with van der Waals surface area (Å²) in [5, 5.41) is 8.99. The Kier molecular flexibility index (Phi) is 4.84. The van der Waals surface area contributed by atoms with Crippen molar-refractivity contribution in [2.24, 2.45) is 5.92 Å². The molecule has 0 aliphatic heterocycles. The molecular weight excluding hydrogens is 258 g/mol. The molecule has 0 radical (unpaired) electrons. The minimum absolute atomic E-state index is 0.0743. The second-order valence-electron chi connectivity index (χ2n) is 5.20. The van der Waals surface area contributed by atoms with Crippen LogP contribution < -0.4 is 9.47 Å². The Labute approximate surface area is 119 Å². The molecule has 1 fully saturated rings. The summed E-state index contributed by atoms with van der Waals surface area (Å²) in [6.45, 7) is 1.54. The van der Waals surface area contributed by atoms with Crippen molar-refractivity contribution in [2.75, 3.05) is 27.3 Å². The van der Waals surface area contributed by atoms with E-state index in [4.69, 9.17) is 14.6 Å². The zero-order valence-corrected chi connectivity index (χ0v) is 12.0. The van der Waals surface area contributed by atoms with Gasteiger partial charge in [-0.25, -0.2) is 0 Å². The molecule has 1 saturated carbocycles. The third kappa shape index (κ3) is 4.13. The van der Waals surface area contributed by atoms with Crippen molar-refractivity contribution in [3.05, 3.63) is 23.8 Å². The SMILES string of the molecule is COc1ccc(CN(CC(=O)O)CC2CC2)cc1OC. The summed E-state index contributed by atoms with van der Waals surface area (Å²) < 4.78 is 10.5. The van der Waals surface area contributed by atoms with Gasteiger partial charge in [0.25, 0.3) is 0 Å². The summed E-state index contributed by atoms with van der Waals surface area (Å²) in [5.74, 6) is 1.23. The fourth-order valence-corrected chi connectivity index (χ4v) is 2.28. The van der Waals surface area contributed by atoms with E-state index in [1.165, 1.54) is 12.8 Å². The highest BCUT2D eigenvalue weighted by Gasteiger charge is 2.25. The summed E-state index contributed by atoms with van der Waals surface area (Å²) in [6, 6.07) is 5.70. The van der Waals surface area contributed by atoms with Gasteiger partial charge in [-0.15, -0.1) is 0 Å². The van der Waals surface area contributed by atoms with Gasteiger partial charge in [-0.2, -0.15) is 0 Å². The average molecular weight is 279 g/mol. The molecule has 0 amide bonds. The van der Waals surface area contributed by atoms with Crippen LogP contribution in [0.5, 0.6) is 11.5 Å². The first-order valence-corrected chi connectivity index (χ1v) is 6.77. The van der Waals surface area contributed by atoms with Gasteiger partial charge in [0.2, 0.25) is 0 Å². The number of hydrogen-bond acceptors (Lipinski definition) is 4. The summed E-state index contributed by atoms with van der Waals surface area (Å²) in [5.41, 5.74) is 1.03. The number of methoxy groups -OCH3 is 2. The first-order valence-electron chi connectivity index (χ1n) is 6.77. The number of rotatable bonds is 8. The largest absolute Gasteiger partial charge is 0.493 e. The van der Waals surface area contributed by atoms with E-state index in [9.17, 15) is 4.79 Å². The molecule has 5 nitrogen and oxygen atoms in total. The van der Waals surface area contributed by atoms with Crippen LogP contribution in [0.2, 0.25) is 0 Å². The Morgan fingerprint density at radius 2 is 2.00 bits per heavy atom. The van der Waals surface area contributed by atoms with Crippen molar-refractivity contribution >= 4 is 5.97 Å². The maximum Gasteiger partial charge on any atom is 0.317 e. The zero-order valence-electron chi connectivity index (χ0n) is 12.0. The smallest absolute Gasteiger partial charge is 0.317 e.